The number of benzene rings is 1. The molecule has 0 spiro atoms. The Kier molecular flexibility index (Phi) is 4.47. The number of rotatable bonds is 4. The van der Waals surface area contributed by atoms with Crippen LogP contribution in [0.5, 0.6) is 0 Å². The third-order valence-electron chi connectivity index (χ3n) is 3.94. The lowest BCUT2D eigenvalue weighted by atomic mass is 10.2. The zero-order valence-electron chi connectivity index (χ0n) is 12.9. The minimum atomic E-state index is -0.148. The summed E-state index contributed by atoms with van der Waals surface area (Å²) in [5.41, 5.74) is 2.21. The second-order valence-electron chi connectivity index (χ2n) is 5.56. The van der Waals surface area contributed by atoms with Crippen molar-refractivity contribution in [1.82, 2.24) is 19.7 Å². The molecule has 1 fully saturated rings. The summed E-state index contributed by atoms with van der Waals surface area (Å²) in [6, 6.07) is 8.10. The molecule has 116 valence electrons. The quantitative estimate of drug-likeness (QED) is 0.814. The lowest BCUT2D eigenvalue weighted by Gasteiger charge is -2.19. The molecule has 5 nitrogen and oxygen atoms in total. The van der Waals surface area contributed by atoms with Gasteiger partial charge in [0.2, 0.25) is 5.91 Å². The van der Waals surface area contributed by atoms with Crippen molar-refractivity contribution in [2.45, 2.75) is 37.1 Å². The highest BCUT2D eigenvalue weighted by atomic mass is 32.2. The van der Waals surface area contributed by atoms with Crippen molar-refractivity contribution in [1.29, 1.82) is 0 Å². The van der Waals surface area contributed by atoms with Crippen LogP contribution < -0.4 is 0 Å². The maximum absolute atomic E-state index is 12.4. The number of carbonyl (C=O) groups is 1. The minimum Gasteiger partial charge on any atom is -0.342 e. The van der Waals surface area contributed by atoms with Gasteiger partial charge in [0.05, 0.1) is 10.9 Å². The summed E-state index contributed by atoms with van der Waals surface area (Å²) in [5.74, 6) is 0.196. The van der Waals surface area contributed by atoms with Gasteiger partial charge in [-0.2, -0.15) is 0 Å². The zero-order chi connectivity index (χ0) is 15.5. The number of hydrogen-bond donors (Lipinski definition) is 0. The molecule has 0 aliphatic carbocycles. The van der Waals surface area contributed by atoms with Gasteiger partial charge in [-0.1, -0.05) is 30.0 Å². The van der Waals surface area contributed by atoms with Crippen LogP contribution in [0.15, 0.2) is 35.7 Å². The number of thioether (sulfide) groups is 1. The van der Waals surface area contributed by atoms with Gasteiger partial charge in [0.25, 0.3) is 0 Å². The van der Waals surface area contributed by atoms with E-state index in [1.807, 2.05) is 34.6 Å². The van der Waals surface area contributed by atoms with Crippen LogP contribution in [0.4, 0.5) is 0 Å². The highest BCUT2D eigenvalue weighted by Gasteiger charge is 2.25. The van der Waals surface area contributed by atoms with E-state index in [-0.39, 0.29) is 11.2 Å². The number of aromatic nitrogens is 3. The number of para-hydroxylation sites is 1. The molecule has 1 amide bonds. The molecular weight excluding hydrogens is 296 g/mol. The molecule has 1 aliphatic heterocycles. The number of amides is 1. The molecule has 6 heteroatoms. The molecule has 2 aromatic rings. The summed E-state index contributed by atoms with van der Waals surface area (Å²) < 4.78 is 1.95. The van der Waals surface area contributed by atoms with E-state index in [2.05, 4.69) is 23.2 Å². The lowest BCUT2D eigenvalue weighted by molar-refractivity contribution is -0.129. The largest absolute Gasteiger partial charge is 0.342 e. The van der Waals surface area contributed by atoms with Crippen molar-refractivity contribution in [2.75, 3.05) is 13.1 Å². The SMILES string of the molecule is Cc1ccccc1-n1cnnc1SC(C)C(=O)N1CCCC1. The molecule has 1 aromatic heterocycles. The van der Waals surface area contributed by atoms with E-state index in [9.17, 15) is 4.79 Å². The Bertz CT molecular complexity index is 664. The summed E-state index contributed by atoms with van der Waals surface area (Å²) in [6.45, 7) is 5.77. The van der Waals surface area contributed by atoms with Gasteiger partial charge in [0.15, 0.2) is 5.16 Å². The van der Waals surface area contributed by atoms with Gasteiger partial charge in [0, 0.05) is 13.1 Å². The van der Waals surface area contributed by atoms with Gasteiger partial charge >= 0.3 is 0 Å². The van der Waals surface area contributed by atoms with Crippen molar-refractivity contribution in [2.24, 2.45) is 0 Å². The lowest BCUT2D eigenvalue weighted by Crippen LogP contribution is -2.34. The molecule has 3 rings (SSSR count). The molecule has 1 unspecified atom stereocenters. The average molecular weight is 316 g/mol. The number of hydrogen-bond acceptors (Lipinski definition) is 4. The summed E-state index contributed by atoms with van der Waals surface area (Å²) in [4.78, 5) is 14.4. The highest BCUT2D eigenvalue weighted by molar-refractivity contribution is 8.00. The van der Waals surface area contributed by atoms with Crippen molar-refractivity contribution < 1.29 is 4.79 Å². The van der Waals surface area contributed by atoms with Gasteiger partial charge in [-0.3, -0.25) is 9.36 Å². The van der Waals surface area contributed by atoms with Gasteiger partial charge in [-0.15, -0.1) is 10.2 Å². The standard InChI is InChI=1S/C16H20N4OS/c1-12-7-3-4-8-14(12)20-11-17-18-16(20)22-13(2)15(21)19-9-5-6-10-19/h3-4,7-8,11,13H,5-6,9-10H2,1-2H3. The summed E-state index contributed by atoms with van der Waals surface area (Å²) >= 11 is 1.47. The summed E-state index contributed by atoms with van der Waals surface area (Å²) in [7, 11) is 0. The van der Waals surface area contributed by atoms with Gasteiger partial charge < -0.3 is 4.90 Å². The average Bonchev–Trinajstić information content (AvgIpc) is 3.18. The third-order valence-corrected chi connectivity index (χ3v) is 4.98. The monoisotopic (exact) mass is 316 g/mol. The molecule has 1 atom stereocenters. The van der Waals surface area contributed by atoms with Crippen molar-refractivity contribution in [3.63, 3.8) is 0 Å². The van der Waals surface area contributed by atoms with Crippen LogP contribution >= 0.6 is 11.8 Å². The molecule has 0 bridgehead atoms. The first kappa shape index (κ1) is 15.1. The van der Waals surface area contributed by atoms with Crippen LogP contribution in [0.25, 0.3) is 5.69 Å². The Labute approximate surface area is 134 Å². The number of likely N-dealkylation sites (tertiary alicyclic amines) is 1. The van der Waals surface area contributed by atoms with E-state index >= 15 is 0 Å². The third kappa shape index (κ3) is 3.02. The van der Waals surface area contributed by atoms with Crippen LogP contribution in [0.1, 0.15) is 25.3 Å². The molecule has 1 saturated heterocycles. The molecule has 0 N–H and O–H groups in total. The van der Waals surface area contributed by atoms with Crippen LogP contribution in [-0.4, -0.2) is 43.9 Å². The van der Waals surface area contributed by atoms with Crippen molar-refractivity contribution in [3.05, 3.63) is 36.2 Å². The molecule has 0 radical (unpaired) electrons. The maximum Gasteiger partial charge on any atom is 0.235 e. The van der Waals surface area contributed by atoms with Crippen molar-refractivity contribution in [3.8, 4) is 5.69 Å². The Morgan fingerprint density at radius 3 is 2.73 bits per heavy atom. The Balaban J connectivity index is 1.78. The minimum absolute atomic E-state index is 0.148. The normalized spacial score (nSPS) is 16.0. The predicted molar refractivity (Wildman–Crippen MR) is 87.2 cm³/mol. The Morgan fingerprint density at radius 2 is 2.00 bits per heavy atom. The second-order valence-corrected chi connectivity index (χ2v) is 6.87. The highest BCUT2D eigenvalue weighted by Crippen LogP contribution is 2.26. The van der Waals surface area contributed by atoms with Crippen LogP contribution in [0.3, 0.4) is 0 Å². The molecular formula is C16H20N4OS. The Morgan fingerprint density at radius 1 is 1.27 bits per heavy atom. The number of aryl methyl sites for hydroxylation is 1. The predicted octanol–water partition coefficient (Wildman–Crippen LogP) is 2.68. The van der Waals surface area contributed by atoms with Crippen LogP contribution in [-0.2, 0) is 4.79 Å². The van der Waals surface area contributed by atoms with E-state index < -0.39 is 0 Å². The van der Waals surface area contributed by atoms with E-state index in [4.69, 9.17) is 0 Å². The first-order valence-corrected chi connectivity index (χ1v) is 8.46. The smallest absolute Gasteiger partial charge is 0.235 e. The Hall–Kier alpha value is -1.82. The molecule has 1 aliphatic rings. The van der Waals surface area contributed by atoms with Gasteiger partial charge in [0.1, 0.15) is 6.33 Å². The van der Waals surface area contributed by atoms with E-state index in [1.165, 1.54) is 11.8 Å². The molecule has 1 aromatic carbocycles. The molecule has 0 saturated carbocycles. The van der Waals surface area contributed by atoms with Crippen molar-refractivity contribution >= 4 is 17.7 Å². The first-order valence-electron chi connectivity index (χ1n) is 7.58. The zero-order valence-corrected chi connectivity index (χ0v) is 13.7. The van der Waals surface area contributed by atoms with E-state index in [0.29, 0.717) is 0 Å². The van der Waals surface area contributed by atoms with E-state index in [1.54, 1.807) is 6.33 Å². The summed E-state index contributed by atoms with van der Waals surface area (Å²) in [6.07, 6.45) is 3.93. The van der Waals surface area contributed by atoms with Gasteiger partial charge in [-0.25, -0.2) is 0 Å². The second kappa shape index (κ2) is 6.52. The van der Waals surface area contributed by atoms with E-state index in [0.717, 1.165) is 42.3 Å². The summed E-state index contributed by atoms with van der Waals surface area (Å²) in [5, 5.41) is 8.82. The number of nitrogens with zero attached hydrogens (tertiary/aromatic N) is 4. The number of carbonyl (C=O) groups excluding carboxylic acids is 1. The first-order chi connectivity index (χ1) is 10.7. The van der Waals surface area contributed by atoms with Crippen LogP contribution in [0.2, 0.25) is 0 Å². The van der Waals surface area contributed by atoms with Crippen LogP contribution in [0, 0.1) is 6.92 Å². The maximum atomic E-state index is 12.4. The fourth-order valence-electron chi connectivity index (χ4n) is 2.71. The molecule has 2 heterocycles. The fourth-order valence-corrected chi connectivity index (χ4v) is 3.63. The fraction of sp³-hybridized carbons (Fsp3) is 0.438. The molecule has 22 heavy (non-hydrogen) atoms. The van der Waals surface area contributed by atoms with Gasteiger partial charge in [-0.05, 0) is 38.3 Å². The topological polar surface area (TPSA) is 51.0 Å².